The molecular weight excluding hydrogens is 168 g/mol. The van der Waals surface area contributed by atoms with Crippen molar-refractivity contribution in [2.24, 2.45) is 0 Å². The summed E-state index contributed by atoms with van der Waals surface area (Å²) >= 11 is 0. The first-order chi connectivity index (χ1) is 6.75. The summed E-state index contributed by atoms with van der Waals surface area (Å²) in [5.74, 6) is 0. The number of hydrogen-bond acceptors (Lipinski definition) is 0. The van der Waals surface area contributed by atoms with E-state index in [0.717, 1.165) is 0 Å². The highest BCUT2D eigenvalue weighted by Crippen LogP contribution is 2.16. The van der Waals surface area contributed by atoms with Crippen LogP contribution < -0.4 is 0 Å². The molecule has 0 saturated carbocycles. The van der Waals surface area contributed by atoms with E-state index in [1.807, 2.05) is 12.1 Å². The van der Waals surface area contributed by atoms with Crippen molar-refractivity contribution >= 4 is 16.8 Å². The molecule has 0 bridgehead atoms. The van der Waals surface area contributed by atoms with Crippen LogP contribution in [-0.2, 0) is 0 Å². The van der Waals surface area contributed by atoms with E-state index < -0.39 is 0 Å². The van der Waals surface area contributed by atoms with Gasteiger partial charge in [-0.05, 0) is 48.4 Å². The van der Waals surface area contributed by atoms with Crippen LogP contribution in [0.4, 0.5) is 0 Å². The van der Waals surface area contributed by atoms with Crippen LogP contribution in [0.15, 0.2) is 42.0 Å². The Morgan fingerprint density at radius 2 is 2.00 bits per heavy atom. The van der Waals surface area contributed by atoms with E-state index in [4.69, 9.17) is 0 Å². The smallest absolute Gasteiger partial charge is 0.00930 e. The molecule has 0 amide bonds. The Kier molecular flexibility index (Phi) is 2.36. The summed E-state index contributed by atoms with van der Waals surface area (Å²) in [6, 6.07) is 15.8. The zero-order valence-corrected chi connectivity index (χ0v) is 8.54. The van der Waals surface area contributed by atoms with Crippen LogP contribution in [0.25, 0.3) is 16.8 Å². The van der Waals surface area contributed by atoms with Gasteiger partial charge in [0.05, 0.1) is 0 Å². The number of fused-ring (bicyclic) bond motifs is 1. The average Bonchev–Trinajstić information content (AvgIpc) is 2.17. The van der Waals surface area contributed by atoms with Crippen LogP contribution >= 0.6 is 0 Å². The van der Waals surface area contributed by atoms with E-state index >= 15 is 0 Å². The van der Waals surface area contributed by atoms with Crippen LogP contribution in [0.1, 0.15) is 19.4 Å². The van der Waals surface area contributed by atoms with Gasteiger partial charge in [0.15, 0.2) is 0 Å². The van der Waals surface area contributed by atoms with Gasteiger partial charge >= 0.3 is 0 Å². The molecule has 2 rings (SSSR count). The third-order valence-corrected chi connectivity index (χ3v) is 2.13. The topological polar surface area (TPSA) is 0 Å². The zero-order valence-electron chi connectivity index (χ0n) is 8.54. The molecule has 0 saturated heterocycles. The molecule has 0 atom stereocenters. The van der Waals surface area contributed by atoms with Gasteiger partial charge in [0.25, 0.3) is 0 Å². The molecule has 0 spiro atoms. The van der Waals surface area contributed by atoms with E-state index in [9.17, 15) is 0 Å². The Bertz CT molecular complexity index is 474. The molecule has 2 aromatic rings. The lowest BCUT2D eigenvalue weighted by molar-refractivity contribution is 1.42. The fourth-order valence-corrected chi connectivity index (χ4v) is 1.55. The Labute approximate surface area is 84.9 Å². The molecule has 0 fully saturated rings. The van der Waals surface area contributed by atoms with Crippen molar-refractivity contribution in [1.82, 2.24) is 0 Å². The van der Waals surface area contributed by atoms with E-state index in [1.165, 1.54) is 21.9 Å². The Hall–Kier alpha value is -1.56. The van der Waals surface area contributed by atoms with Crippen LogP contribution in [0.2, 0.25) is 0 Å². The van der Waals surface area contributed by atoms with E-state index in [0.29, 0.717) is 0 Å². The van der Waals surface area contributed by atoms with Crippen molar-refractivity contribution in [3.63, 3.8) is 0 Å². The number of hydrogen-bond donors (Lipinski definition) is 0. The Morgan fingerprint density at radius 3 is 2.79 bits per heavy atom. The Morgan fingerprint density at radius 1 is 1.21 bits per heavy atom. The highest BCUT2D eigenvalue weighted by atomic mass is 14.0. The summed E-state index contributed by atoms with van der Waals surface area (Å²) in [7, 11) is 0. The third-order valence-electron chi connectivity index (χ3n) is 2.13. The molecule has 0 aliphatic carbocycles. The van der Waals surface area contributed by atoms with Gasteiger partial charge in [-0.1, -0.05) is 35.9 Å². The van der Waals surface area contributed by atoms with Gasteiger partial charge in [0, 0.05) is 0 Å². The van der Waals surface area contributed by atoms with Crippen LogP contribution in [0, 0.1) is 6.07 Å². The van der Waals surface area contributed by atoms with Crippen molar-refractivity contribution in [2.75, 3.05) is 0 Å². The normalized spacial score (nSPS) is 10.1. The summed E-state index contributed by atoms with van der Waals surface area (Å²) in [6.07, 6.45) is 2.17. The fraction of sp³-hybridized carbons (Fsp3) is 0.143. The number of benzene rings is 2. The van der Waals surface area contributed by atoms with Crippen molar-refractivity contribution < 1.29 is 0 Å². The SMILES string of the molecule is CC(C)=Cc1c[c]c2ccccc2c1. The standard InChI is InChI=1S/C14H13/c1-11(2)9-12-7-8-13-5-3-4-6-14(13)10-12/h3-7,9-10H,1-2H3. The predicted molar refractivity (Wildman–Crippen MR) is 62.1 cm³/mol. The van der Waals surface area contributed by atoms with Crippen molar-refractivity contribution in [3.8, 4) is 0 Å². The maximum atomic E-state index is 3.28. The second kappa shape index (κ2) is 3.67. The van der Waals surface area contributed by atoms with Crippen LogP contribution in [0.5, 0.6) is 0 Å². The highest BCUT2D eigenvalue weighted by Gasteiger charge is 1.93. The lowest BCUT2D eigenvalue weighted by Gasteiger charge is -1.99. The summed E-state index contributed by atoms with van der Waals surface area (Å²) in [6.45, 7) is 4.21. The van der Waals surface area contributed by atoms with Gasteiger partial charge in [0.2, 0.25) is 0 Å². The van der Waals surface area contributed by atoms with Gasteiger partial charge in [0.1, 0.15) is 0 Å². The van der Waals surface area contributed by atoms with Crippen LogP contribution in [0.3, 0.4) is 0 Å². The molecule has 1 radical (unpaired) electrons. The second-order valence-corrected chi connectivity index (χ2v) is 3.74. The first kappa shape index (κ1) is 9.01. The molecule has 0 aliphatic heterocycles. The maximum absolute atomic E-state index is 3.28. The minimum absolute atomic E-state index is 1.18. The van der Waals surface area contributed by atoms with Crippen molar-refractivity contribution in [3.05, 3.63) is 53.6 Å². The molecule has 0 N–H and O–H groups in total. The zero-order chi connectivity index (χ0) is 9.97. The second-order valence-electron chi connectivity index (χ2n) is 3.74. The van der Waals surface area contributed by atoms with Gasteiger partial charge in [-0.3, -0.25) is 0 Å². The molecular formula is C14H13. The maximum Gasteiger partial charge on any atom is -0.00930 e. The largest absolute Gasteiger partial charge is 0.0758 e. The molecule has 0 nitrogen and oxygen atoms in total. The minimum Gasteiger partial charge on any atom is -0.0758 e. The monoisotopic (exact) mass is 181 g/mol. The molecule has 0 aliphatic rings. The highest BCUT2D eigenvalue weighted by molar-refractivity contribution is 5.84. The molecule has 2 aromatic carbocycles. The van der Waals surface area contributed by atoms with Gasteiger partial charge < -0.3 is 0 Å². The number of rotatable bonds is 1. The first-order valence-electron chi connectivity index (χ1n) is 4.81. The molecule has 0 heteroatoms. The minimum atomic E-state index is 1.18. The van der Waals surface area contributed by atoms with Gasteiger partial charge in [-0.15, -0.1) is 0 Å². The lowest BCUT2D eigenvalue weighted by atomic mass is 10.1. The predicted octanol–water partition coefficient (Wildman–Crippen LogP) is 4.06. The van der Waals surface area contributed by atoms with Crippen LogP contribution in [-0.4, -0.2) is 0 Å². The molecule has 14 heavy (non-hydrogen) atoms. The van der Waals surface area contributed by atoms with E-state index in [1.54, 1.807) is 0 Å². The summed E-state index contributed by atoms with van der Waals surface area (Å²) < 4.78 is 0. The molecule has 0 heterocycles. The van der Waals surface area contributed by atoms with Gasteiger partial charge in [-0.25, -0.2) is 0 Å². The molecule has 69 valence electrons. The Balaban J connectivity index is 2.57. The van der Waals surface area contributed by atoms with Crippen molar-refractivity contribution in [2.45, 2.75) is 13.8 Å². The van der Waals surface area contributed by atoms with Crippen molar-refractivity contribution in [1.29, 1.82) is 0 Å². The average molecular weight is 181 g/mol. The van der Waals surface area contributed by atoms with E-state index in [2.05, 4.69) is 50.3 Å². The number of allylic oxidation sites excluding steroid dienone is 1. The molecule has 0 unspecified atom stereocenters. The third kappa shape index (κ3) is 1.85. The van der Waals surface area contributed by atoms with E-state index in [-0.39, 0.29) is 0 Å². The molecule has 0 aromatic heterocycles. The lowest BCUT2D eigenvalue weighted by Crippen LogP contribution is -1.76. The summed E-state index contributed by atoms with van der Waals surface area (Å²) in [4.78, 5) is 0. The fourth-order valence-electron chi connectivity index (χ4n) is 1.55. The quantitative estimate of drug-likeness (QED) is 0.622. The van der Waals surface area contributed by atoms with Gasteiger partial charge in [-0.2, -0.15) is 0 Å². The summed E-state index contributed by atoms with van der Waals surface area (Å²) in [5, 5.41) is 2.43. The summed E-state index contributed by atoms with van der Waals surface area (Å²) in [5.41, 5.74) is 2.54. The first-order valence-corrected chi connectivity index (χ1v) is 4.81.